The van der Waals surface area contributed by atoms with Crippen LogP contribution in [0.2, 0.25) is 0 Å². The molecule has 20 heavy (non-hydrogen) atoms. The van der Waals surface area contributed by atoms with Gasteiger partial charge in [0, 0.05) is 30.7 Å². The van der Waals surface area contributed by atoms with Crippen LogP contribution in [0.5, 0.6) is 0 Å². The molecule has 1 aromatic rings. The molecule has 2 rings (SSSR count). The Bertz CT molecular complexity index is 442. The standard InChI is InChI=1S/C15H22F2N2O/c1-11-10-20-9-8-19(11)7-6-14(18-2)12-4-3-5-13(16)15(12)17/h3-5,11,14,18H,6-10H2,1-2H3. The van der Waals surface area contributed by atoms with Crippen molar-refractivity contribution in [3.63, 3.8) is 0 Å². The topological polar surface area (TPSA) is 24.5 Å². The number of hydrogen-bond donors (Lipinski definition) is 1. The molecule has 2 unspecified atom stereocenters. The summed E-state index contributed by atoms with van der Waals surface area (Å²) in [5.41, 5.74) is 0.397. The van der Waals surface area contributed by atoms with Gasteiger partial charge >= 0.3 is 0 Å². The Morgan fingerprint density at radius 1 is 1.45 bits per heavy atom. The number of benzene rings is 1. The molecule has 1 fully saturated rings. The Morgan fingerprint density at radius 3 is 2.95 bits per heavy atom. The Kier molecular flexibility index (Phi) is 5.46. The van der Waals surface area contributed by atoms with Crippen molar-refractivity contribution < 1.29 is 13.5 Å². The number of rotatable bonds is 5. The van der Waals surface area contributed by atoms with E-state index in [1.807, 2.05) is 0 Å². The van der Waals surface area contributed by atoms with E-state index in [4.69, 9.17) is 4.74 Å². The molecule has 1 aliphatic heterocycles. The third-order valence-corrected chi connectivity index (χ3v) is 3.92. The molecule has 0 aromatic heterocycles. The summed E-state index contributed by atoms with van der Waals surface area (Å²) in [6.45, 7) is 5.33. The smallest absolute Gasteiger partial charge is 0.163 e. The molecule has 1 aliphatic rings. The molecule has 0 spiro atoms. The maximum atomic E-state index is 13.8. The van der Waals surface area contributed by atoms with Gasteiger partial charge in [-0.2, -0.15) is 0 Å². The predicted molar refractivity (Wildman–Crippen MR) is 74.6 cm³/mol. The lowest BCUT2D eigenvalue weighted by molar-refractivity contribution is -0.00178. The van der Waals surface area contributed by atoms with Crippen LogP contribution in [0.15, 0.2) is 18.2 Å². The summed E-state index contributed by atoms with van der Waals surface area (Å²) in [5.74, 6) is -1.54. The molecule has 2 atom stereocenters. The third-order valence-electron chi connectivity index (χ3n) is 3.92. The average molecular weight is 284 g/mol. The van der Waals surface area contributed by atoms with E-state index in [9.17, 15) is 8.78 Å². The zero-order valence-corrected chi connectivity index (χ0v) is 12.0. The van der Waals surface area contributed by atoms with E-state index in [-0.39, 0.29) is 6.04 Å². The normalized spacial score (nSPS) is 21.9. The second-order valence-electron chi connectivity index (χ2n) is 5.23. The maximum absolute atomic E-state index is 13.8. The molecule has 1 N–H and O–H groups in total. The summed E-state index contributed by atoms with van der Waals surface area (Å²) < 4.78 is 32.5. The highest BCUT2D eigenvalue weighted by Gasteiger charge is 2.22. The molecule has 5 heteroatoms. The van der Waals surface area contributed by atoms with E-state index >= 15 is 0 Å². The van der Waals surface area contributed by atoms with E-state index in [0.29, 0.717) is 11.6 Å². The van der Waals surface area contributed by atoms with E-state index < -0.39 is 11.6 Å². The van der Waals surface area contributed by atoms with Crippen LogP contribution in [0.4, 0.5) is 8.78 Å². The van der Waals surface area contributed by atoms with Crippen LogP contribution in [0.1, 0.15) is 24.9 Å². The second-order valence-corrected chi connectivity index (χ2v) is 5.23. The highest BCUT2D eigenvalue weighted by molar-refractivity contribution is 5.22. The molecule has 3 nitrogen and oxygen atoms in total. The van der Waals surface area contributed by atoms with Gasteiger partial charge in [0.05, 0.1) is 13.2 Å². The van der Waals surface area contributed by atoms with Crippen molar-refractivity contribution in [2.45, 2.75) is 25.4 Å². The molecule has 1 saturated heterocycles. The second kappa shape index (κ2) is 7.11. The Morgan fingerprint density at radius 2 is 2.25 bits per heavy atom. The number of nitrogens with zero attached hydrogens (tertiary/aromatic N) is 1. The van der Waals surface area contributed by atoms with E-state index in [1.54, 1.807) is 19.2 Å². The first-order chi connectivity index (χ1) is 9.63. The first-order valence-electron chi connectivity index (χ1n) is 7.06. The molecular formula is C15H22F2N2O. The largest absolute Gasteiger partial charge is 0.379 e. The lowest BCUT2D eigenvalue weighted by Gasteiger charge is -2.34. The summed E-state index contributed by atoms with van der Waals surface area (Å²) in [6.07, 6.45) is 0.737. The number of hydrogen-bond acceptors (Lipinski definition) is 3. The monoisotopic (exact) mass is 284 g/mol. The Hall–Kier alpha value is -1.04. The van der Waals surface area contributed by atoms with Crippen molar-refractivity contribution in [2.75, 3.05) is 33.4 Å². The summed E-state index contributed by atoms with van der Waals surface area (Å²) in [5, 5.41) is 3.08. The summed E-state index contributed by atoms with van der Waals surface area (Å²) >= 11 is 0. The lowest BCUT2D eigenvalue weighted by atomic mass is 10.0. The van der Waals surface area contributed by atoms with Crippen molar-refractivity contribution in [1.82, 2.24) is 10.2 Å². The fraction of sp³-hybridized carbons (Fsp3) is 0.600. The third kappa shape index (κ3) is 3.53. The fourth-order valence-electron chi connectivity index (χ4n) is 2.63. The number of ether oxygens (including phenoxy) is 1. The van der Waals surface area contributed by atoms with Gasteiger partial charge < -0.3 is 10.1 Å². The minimum Gasteiger partial charge on any atom is -0.379 e. The van der Waals surface area contributed by atoms with Gasteiger partial charge in [0.2, 0.25) is 0 Å². The minimum absolute atomic E-state index is 0.180. The highest BCUT2D eigenvalue weighted by Crippen LogP contribution is 2.22. The van der Waals surface area contributed by atoms with Gasteiger partial charge in [0.25, 0.3) is 0 Å². The van der Waals surface area contributed by atoms with Crippen LogP contribution in [-0.4, -0.2) is 44.3 Å². The van der Waals surface area contributed by atoms with Crippen LogP contribution in [0.3, 0.4) is 0 Å². The van der Waals surface area contributed by atoms with Gasteiger partial charge in [-0.1, -0.05) is 12.1 Å². The van der Waals surface area contributed by atoms with Crippen molar-refractivity contribution in [3.05, 3.63) is 35.4 Å². The summed E-state index contributed by atoms with van der Waals surface area (Å²) in [4.78, 5) is 2.32. The van der Waals surface area contributed by atoms with Gasteiger partial charge in [-0.25, -0.2) is 8.78 Å². The van der Waals surface area contributed by atoms with Crippen molar-refractivity contribution in [3.8, 4) is 0 Å². The Balaban J connectivity index is 2.00. The molecule has 0 aliphatic carbocycles. The summed E-state index contributed by atoms with van der Waals surface area (Å²) in [6, 6.07) is 4.53. The van der Waals surface area contributed by atoms with E-state index in [2.05, 4.69) is 17.1 Å². The van der Waals surface area contributed by atoms with Crippen molar-refractivity contribution >= 4 is 0 Å². The van der Waals surface area contributed by atoms with Crippen LogP contribution in [0.25, 0.3) is 0 Å². The van der Waals surface area contributed by atoms with E-state index in [1.165, 1.54) is 0 Å². The number of nitrogens with one attached hydrogen (secondary N) is 1. The average Bonchev–Trinajstić information content (AvgIpc) is 2.45. The zero-order valence-electron chi connectivity index (χ0n) is 12.0. The predicted octanol–water partition coefficient (Wildman–Crippen LogP) is 2.34. The molecule has 1 heterocycles. The summed E-state index contributed by atoms with van der Waals surface area (Å²) in [7, 11) is 1.78. The highest BCUT2D eigenvalue weighted by atomic mass is 19.2. The number of halogens is 2. The zero-order chi connectivity index (χ0) is 14.5. The lowest BCUT2D eigenvalue weighted by Crippen LogP contribution is -2.44. The molecule has 0 bridgehead atoms. The van der Waals surface area contributed by atoms with Crippen LogP contribution < -0.4 is 5.32 Å². The van der Waals surface area contributed by atoms with Gasteiger partial charge in [-0.05, 0) is 26.5 Å². The Labute approximate surface area is 118 Å². The molecule has 112 valence electrons. The van der Waals surface area contributed by atoms with E-state index in [0.717, 1.165) is 38.8 Å². The fourth-order valence-corrected chi connectivity index (χ4v) is 2.63. The van der Waals surface area contributed by atoms with Crippen molar-refractivity contribution in [2.24, 2.45) is 0 Å². The molecule has 0 amide bonds. The van der Waals surface area contributed by atoms with Crippen molar-refractivity contribution in [1.29, 1.82) is 0 Å². The number of morpholine rings is 1. The van der Waals surface area contributed by atoms with Gasteiger partial charge in [0.15, 0.2) is 11.6 Å². The van der Waals surface area contributed by atoms with Gasteiger partial charge in [0.1, 0.15) is 0 Å². The quantitative estimate of drug-likeness (QED) is 0.898. The minimum atomic E-state index is -0.789. The van der Waals surface area contributed by atoms with Gasteiger partial charge in [-0.15, -0.1) is 0 Å². The molecule has 0 radical (unpaired) electrons. The van der Waals surface area contributed by atoms with Crippen LogP contribution >= 0.6 is 0 Å². The first-order valence-corrected chi connectivity index (χ1v) is 7.06. The molecule has 0 saturated carbocycles. The SMILES string of the molecule is CNC(CCN1CCOCC1C)c1cccc(F)c1F. The van der Waals surface area contributed by atoms with Crippen LogP contribution in [-0.2, 0) is 4.74 Å². The molecular weight excluding hydrogens is 262 g/mol. The van der Waals surface area contributed by atoms with Crippen LogP contribution in [0, 0.1) is 11.6 Å². The van der Waals surface area contributed by atoms with Gasteiger partial charge in [-0.3, -0.25) is 4.90 Å². The first kappa shape index (κ1) is 15.4. The molecule has 1 aromatic carbocycles. The maximum Gasteiger partial charge on any atom is 0.163 e.